The fourth-order valence-corrected chi connectivity index (χ4v) is 13.9. The van der Waals surface area contributed by atoms with Crippen LogP contribution in [0.25, 0.3) is 0 Å². The van der Waals surface area contributed by atoms with Crippen LogP contribution >= 0.6 is 0 Å². The smallest absolute Gasteiger partial charge is 0.312 e. The van der Waals surface area contributed by atoms with E-state index in [-0.39, 0.29) is 53.4 Å². The molecule has 0 radical (unpaired) electrons. The van der Waals surface area contributed by atoms with Gasteiger partial charge in [-0.2, -0.15) is 0 Å². The van der Waals surface area contributed by atoms with Gasteiger partial charge in [-0.15, -0.1) is 0 Å². The molecule has 0 aliphatic heterocycles. The Hall–Kier alpha value is -1.74. The van der Waals surface area contributed by atoms with E-state index in [1.54, 1.807) is 16.0 Å². The highest BCUT2D eigenvalue weighted by Gasteiger charge is 2.60. The Morgan fingerprint density at radius 2 is 1.18 bits per heavy atom. The fraction of sp³-hybridized carbons (Fsp3) is 0.875. The number of ether oxygens (including phenoxy) is 1. The van der Waals surface area contributed by atoms with E-state index in [4.69, 9.17) is 9.84 Å². The average Bonchev–Trinajstić information content (AvgIpc) is 3.17. The van der Waals surface area contributed by atoms with Crippen LogP contribution in [0.3, 0.4) is 0 Å². The summed E-state index contributed by atoms with van der Waals surface area (Å²) in [5.74, 6) is 5.08. The van der Waals surface area contributed by atoms with Crippen molar-refractivity contribution in [3.63, 3.8) is 0 Å². The summed E-state index contributed by atoms with van der Waals surface area (Å²) in [5.41, 5.74) is 3.03. The van der Waals surface area contributed by atoms with Gasteiger partial charge in [0.2, 0.25) is 5.91 Å². The molecule has 320 valence electrons. The number of aliphatic hydroxyl groups excluding tert-OH is 3. The van der Waals surface area contributed by atoms with Crippen molar-refractivity contribution in [3.05, 3.63) is 23.3 Å². The largest absolute Gasteiger partial charge is 0.464 e. The van der Waals surface area contributed by atoms with E-state index >= 15 is 0 Å². The number of fused-ring (bicyclic) bond motifs is 6. The van der Waals surface area contributed by atoms with Gasteiger partial charge in [-0.05, 0) is 142 Å². The maximum absolute atomic E-state index is 13.6. The van der Waals surface area contributed by atoms with Crippen molar-refractivity contribution >= 4 is 11.9 Å². The molecule has 6 rings (SSSR count). The SMILES string of the molecule is CC(C)C1=CC2CCC3C(C)(C(=O)N(CCO)CCO)CCCC3(C)C2CC1.CC(C)C1=CC2CCC3C(C)(C(=O)OCCNCCO)CCCC3(C)C2CC1. The van der Waals surface area contributed by atoms with E-state index in [1.165, 1.54) is 51.4 Å². The van der Waals surface area contributed by atoms with Gasteiger partial charge in [0.25, 0.3) is 0 Å². The van der Waals surface area contributed by atoms with Gasteiger partial charge in [0, 0.05) is 31.6 Å². The molecular weight excluding hydrogens is 701 g/mol. The Kier molecular flexibility index (Phi) is 15.5. The quantitative estimate of drug-likeness (QED) is 0.0843. The van der Waals surface area contributed by atoms with Crippen LogP contribution in [-0.2, 0) is 14.3 Å². The average molecular weight is 783 g/mol. The molecule has 0 heterocycles. The molecule has 4 saturated carbocycles. The summed E-state index contributed by atoms with van der Waals surface area (Å²) in [7, 11) is 0. The molecule has 8 heteroatoms. The lowest BCUT2D eigenvalue weighted by atomic mass is 9.44. The van der Waals surface area contributed by atoms with Gasteiger partial charge >= 0.3 is 5.97 Å². The Morgan fingerprint density at radius 3 is 1.64 bits per heavy atom. The lowest BCUT2D eigenvalue weighted by molar-refractivity contribution is -0.175. The number of nitrogens with zero attached hydrogens (tertiary/aromatic N) is 1. The van der Waals surface area contributed by atoms with Gasteiger partial charge in [-0.25, -0.2) is 0 Å². The lowest BCUT2D eigenvalue weighted by Gasteiger charge is -2.60. The van der Waals surface area contributed by atoms with Gasteiger partial charge in [0.15, 0.2) is 0 Å². The van der Waals surface area contributed by atoms with Crippen molar-refractivity contribution in [2.75, 3.05) is 52.6 Å². The molecule has 6 aliphatic rings. The summed E-state index contributed by atoms with van der Waals surface area (Å²) in [4.78, 5) is 28.4. The number of carbonyl (C=O) groups is 2. The zero-order chi connectivity index (χ0) is 40.9. The van der Waals surface area contributed by atoms with Crippen LogP contribution < -0.4 is 5.32 Å². The van der Waals surface area contributed by atoms with E-state index in [2.05, 4.69) is 72.9 Å². The van der Waals surface area contributed by atoms with Crippen LogP contribution in [-0.4, -0.2) is 84.7 Å². The van der Waals surface area contributed by atoms with Crippen LogP contribution in [0.4, 0.5) is 0 Å². The summed E-state index contributed by atoms with van der Waals surface area (Å²) in [6.45, 7) is 20.8. The third-order valence-electron chi connectivity index (χ3n) is 16.9. The van der Waals surface area contributed by atoms with E-state index in [0.717, 1.165) is 38.5 Å². The number of hydrogen-bond donors (Lipinski definition) is 4. The summed E-state index contributed by atoms with van der Waals surface area (Å²) < 4.78 is 5.71. The number of amides is 1. The molecule has 10 atom stereocenters. The minimum atomic E-state index is -0.371. The molecule has 4 fully saturated rings. The topological polar surface area (TPSA) is 119 Å². The number of carbonyl (C=O) groups excluding carboxylic acids is 2. The van der Waals surface area contributed by atoms with Crippen LogP contribution in [0.1, 0.15) is 145 Å². The third kappa shape index (κ3) is 9.04. The van der Waals surface area contributed by atoms with E-state index in [1.807, 2.05) is 0 Å². The second-order valence-electron chi connectivity index (χ2n) is 20.6. The Balaban J connectivity index is 0.000000214. The van der Waals surface area contributed by atoms with Crippen molar-refractivity contribution < 1.29 is 29.6 Å². The first-order valence-corrected chi connectivity index (χ1v) is 23.0. The van der Waals surface area contributed by atoms with Crippen LogP contribution in [0.5, 0.6) is 0 Å². The first-order chi connectivity index (χ1) is 26.6. The summed E-state index contributed by atoms with van der Waals surface area (Å²) in [6, 6.07) is 0. The predicted molar refractivity (Wildman–Crippen MR) is 226 cm³/mol. The third-order valence-corrected chi connectivity index (χ3v) is 16.9. The first kappa shape index (κ1) is 45.3. The standard InChI is InChI=1S/2C24H41NO3/c1-17(2)18-6-8-20-19(16-18)7-9-21-23(20,3)10-5-11-24(21,4)22(27)28-15-13-25-12-14-26;1-17(2)18-6-8-20-19(16-18)7-9-21-23(20,3)10-5-11-24(21,4)22(28)25(12-14-26)13-15-27/h16-17,19-21,25-26H,5-15H2,1-4H3;16-17,19-21,26-27H,5-15H2,1-4H3. The van der Waals surface area contributed by atoms with Gasteiger partial charge in [-0.3, -0.25) is 9.59 Å². The van der Waals surface area contributed by atoms with Crippen molar-refractivity contribution in [2.45, 2.75) is 145 Å². The second-order valence-corrected chi connectivity index (χ2v) is 20.6. The molecule has 0 aromatic carbocycles. The molecule has 0 bridgehead atoms. The molecule has 0 saturated heterocycles. The minimum Gasteiger partial charge on any atom is -0.464 e. The molecule has 0 aromatic rings. The van der Waals surface area contributed by atoms with Crippen molar-refractivity contribution in [3.8, 4) is 0 Å². The summed E-state index contributed by atoms with van der Waals surface area (Å²) in [6.07, 6.45) is 21.5. The number of allylic oxidation sites excluding steroid dienone is 4. The van der Waals surface area contributed by atoms with Crippen molar-refractivity contribution in [1.82, 2.24) is 10.2 Å². The fourth-order valence-electron chi connectivity index (χ4n) is 13.9. The predicted octanol–water partition coefficient (Wildman–Crippen LogP) is 8.34. The number of rotatable bonds is 13. The number of hydrogen-bond acceptors (Lipinski definition) is 7. The Bertz CT molecular complexity index is 1390. The molecule has 0 aromatic heterocycles. The molecule has 0 spiro atoms. The summed E-state index contributed by atoms with van der Waals surface area (Å²) in [5, 5.41) is 30.8. The van der Waals surface area contributed by atoms with Gasteiger partial charge < -0.3 is 30.3 Å². The second kappa shape index (κ2) is 19.1. The van der Waals surface area contributed by atoms with Gasteiger partial charge in [0.1, 0.15) is 6.61 Å². The van der Waals surface area contributed by atoms with Gasteiger partial charge in [-0.1, -0.05) is 84.6 Å². The van der Waals surface area contributed by atoms with Crippen molar-refractivity contribution in [2.24, 2.45) is 69.0 Å². The first-order valence-electron chi connectivity index (χ1n) is 23.0. The van der Waals surface area contributed by atoms with Gasteiger partial charge in [0.05, 0.1) is 25.2 Å². The maximum atomic E-state index is 13.6. The Morgan fingerprint density at radius 1 is 0.696 bits per heavy atom. The highest BCUT2D eigenvalue weighted by atomic mass is 16.5. The monoisotopic (exact) mass is 783 g/mol. The van der Waals surface area contributed by atoms with E-state index < -0.39 is 0 Å². The van der Waals surface area contributed by atoms with E-state index in [9.17, 15) is 19.8 Å². The van der Waals surface area contributed by atoms with Crippen molar-refractivity contribution in [1.29, 1.82) is 0 Å². The Labute approximate surface area is 341 Å². The number of esters is 1. The molecule has 10 unspecified atom stereocenters. The summed E-state index contributed by atoms with van der Waals surface area (Å²) >= 11 is 0. The molecule has 4 N–H and O–H groups in total. The number of nitrogens with one attached hydrogen (secondary N) is 1. The zero-order valence-electron chi connectivity index (χ0n) is 36.8. The van der Waals surface area contributed by atoms with E-state index in [0.29, 0.717) is 80.1 Å². The normalized spacial score (nSPS) is 37.8. The molecule has 56 heavy (non-hydrogen) atoms. The molecule has 6 aliphatic carbocycles. The van der Waals surface area contributed by atoms with Crippen LogP contribution in [0, 0.1) is 69.0 Å². The molecule has 1 amide bonds. The maximum Gasteiger partial charge on any atom is 0.312 e. The molecular formula is C48H82N2O6. The minimum absolute atomic E-state index is 0.00175. The highest BCUT2D eigenvalue weighted by Crippen LogP contribution is 2.65. The lowest BCUT2D eigenvalue weighted by Crippen LogP contribution is -2.58. The highest BCUT2D eigenvalue weighted by molar-refractivity contribution is 5.83. The zero-order valence-corrected chi connectivity index (χ0v) is 36.8. The number of aliphatic hydroxyl groups is 3. The van der Waals surface area contributed by atoms with Crippen LogP contribution in [0.15, 0.2) is 23.3 Å². The molecule has 8 nitrogen and oxygen atoms in total. The van der Waals surface area contributed by atoms with Crippen LogP contribution in [0.2, 0.25) is 0 Å².